The fraction of sp³-hybridized carbons (Fsp3) is 0.667. The maximum absolute atomic E-state index is 7.96. The number of ether oxygens (including phenoxy) is 2. The zero-order chi connectivity index (χ0) is 12.0. The van der Waals surface area contributed by atoms with E-state index in [1.807, 2.05) is 0 Å². The molecular weight excluding hydrogens is 182 g/mol. The second-order valence-corrected chi connectivity index (χ2v) is 3.63. The number of nitrogens with two attached hydrogens (primary N) is 1. The molecule has 2 heterocycles. The van der Waals surface area contributed by atoms with E-state index in [1.165, 1.54) is 6.20 Å². The molecule has 2 rings (SSSR count). The number of rotatable bonds is 2. The average molecular weight is 199 g/mol. The van der Waals surface area contributed by atoms with E-state index in [4.69, 9.17) is 17.9 Å². The maximum Gasteiger partial charge on any atom is 0.163 e. The van der Waals surface area contributed by atoms with Crippen molar-refractivity contribution in [3.63, 3.8) is 0 Å². The van der Waals surface area contributed by atoms with Crippen molar-refractivity contribution in [3.8, 4) is 0 Å². The lowest BCUT2D eigenvalue weighted by Crippen LogP contribution is -2.24. The molecule has 0 bridgehead atoms. The zero-order valence-corrected chi connectivity index (χ0v) is 8.23. The predicted octanol–water partition coefficient (Wildman–Crippen LogP) is 0.617. The minimum atomic E-state index is -1.77. The Hall–Kier alpha value is -1.07. The molecule has 78 valence electrons. The van der Waals surface area contributed by atoms with Gasteiger partial charge in [-0.25, -0.2) is 0 Å². The van der Waals surface area contributed by atoms with Crippen molar-refractivity contribution in [2.75, 3.05) is 12.3 Å². The third-order valence-corrected chi connectivity index (χ3v) is 1.89. The van der Waals surface area contributed by atoms with Crippen molar-refractivity contribution in [3.05, 3.63) is 12.3 Å². The van der Waals surface area contributed by atoms with Gasteiger partial charge in [0.25, 0.3) is 0 Å². The molecule has 0 saturated carbocycles. The number of anilines is 1. The van der Waals surface area contributed by atoms with E-state index >= 15 is 0 Å². The highest BCUT2D eigenvalue weighted by molar-refractivity contribution is 5.23. The highest BCUT2D eigenvalue weighted by Gasteiger charge is 2.32. The van der Waals surface area contributed by atoms with Gasteiger partial charge < -0.3 is 15.2 Å². The van der Waals surface area contributed by atoms with Crippen molar-refractivity contribution in [1.29, 1.82) is 0 Å². The number of nitrogens with zero attached hydrogens (tertiary/aromatic N) is 2. The smallest absolute Gasteiger partial charge is 0.163 e. The summed E-state index contributed by atoms with van der Waals surface area (Å²) >= 11 is 0. The molecule has 0 spiro atoms. The van der Waals surface area contributed by atoms with Gasteiger partial charge in [-0.1, -0.05) is 0 Å². The molecule has 0 aliphatic carbocycles. The highest BCUT2D eigenvalue weighted by Crippen LogP contribution is 2.22. The number of aromatic nitrogens is 2. The molecule has 1 fully saturated rings. The van der Waals surface area contributed by atoms with Gasteiger partial charge >= 0.3 is 0 Å². The second kappa shape index (κ2) is 3.25. The van der Waals surface area contributed by atoms with E-state index in [0.29, 0.717) is 0 Å². The van der Waals surface area contributed by atoms with Gasteiger partial charge in [-0.05, 0) is 19.9 Å². The minimum absolute atomic E-state index is 0.194. The normalized spacial score (nSPS) is 28.6. The molecule has 1 aromatic rings. The van der Waals surface area contributed by atoms with Gasteiger partial charge in [0.05, 0.1) is 15.8 Å². The fourth-order valence-corrected chi connectivity index (χ4v) is 1.31. The van der Waals surface area contributed by atoms with E-state index < -0.39 is 18.4 Å². The van der Waals surface area contributed by atoms with E-state index in [2.05, 4.69) is 5.10 Å². The monoisotopic (exact) mass is 199 g/mol. The Kier molecular flexibility index (Phi) is 1.69. The average Bonchev–Trinajstić information content (AvgIpc) is 2.72. The summed E-state index contributed by atoms with van der Waals surface area (Å²) in [6.45, 7) is 1.92. The van der Waals surface area contributed by atoms with E-state index in [9.17, 15) is 0 Å². The van der Waals surface area contributed by atoms with Crippen molar-refractivity contribution in [2.45, 2.75) is 32.2 Å². The largest absolute Gasteiger partial charge is 0.382 e. The summed E-state index contributed by atoms with van der Waals surface area (Å²) in [4.78, 5) is 0. The van der Waals surface area contributed by atoms with Gasteiger partial charge in [0, 0.05) is 6.20 Å². The van der Waals surface area contributed by atoms with Crippen LogP contribution in [0.1, 0.15) is 16.6 Å². The van der Waals surface area contributed by atoms with Crippen LogP contribution < -0.4 is 5.73 Å². The quantitative estimate of drug-likeness (QED) is 0.758. The van der Waals surface area contributed by atoms with Crippen LogP contribution in [-0.4, -0.2) is 28.3 Å². The van der Waals surface area contributed by atoms with E-state index in [0.717, 1.165) is 4.68 Å². The summed E-state index contributed by atoms with van der Waals surface area (Å²) in [6, 6.07) is 1.54. The van der Waals surface area contributed by atoms with Crippen LogP contribution in [-0.2, 0) is 16.0 Å². The first kappa shape index (κ1) is 7.25. The molecule has 5 nitrogen and oxygen atoms in total. The van der Waals surface area contributed by atoms with E-state index in [1.54, 1.807) is 19.9 Å². The van der Waals surface area contributed by atoms with Crippen molar-refractivity contribution >= 4 is 5.82 Å². The molecule has 1 aromatic heterocycles. The Bertz CT molecular complexity index is 392. The van der Waals surface area contributed by atoms with Crippen LogP contribution in [0.3, 0.4) is 0 Å². The molecule has 5 heteroatoms. The van der Waals surface area contributed by atoms with Gasteiger partial charge in [0.1, 0.15) is 11.9 Å². The first-order valence-corrected chi connectivity index (χ1v) is 4.45. The Morgan fingerprint density at radius 2 is 2.64 bits per heavy atom. The zero-order valence-electron chi connectivity index (χ0n) is 10.2. The third kappa shape index (κ3) is 2.05. The first-order chi connectivity index (χ1) is 7.31. The van der Waals surface area contributed by atoms with Gasteiger partial charge in [-0.3, -0.25) is 4.68 Å². The molecule has 0 aromatic carbocycles. The summed E-state index contributed by atoms with van der Waals surface area (Å²) < 4.78 is 27.9. The van der Waals surface area contributed by atoms with Crippen LogP contribution in [0, 0.1) is 0 Å². The molecule has 0 unspecified atom stereocenters. The Morgan fingerprint density at radius 3 is 3.14 bits per heavy atom. The molecule has 1 aliphatic heterocycles. The predicted molar refractivity (Wildman–Crippen MR) is 51.5 cm³/mol. The summed E-state index contributed by atoms with van der Waals surface area (Å²) in [7, 11) is 0. The van der Waals surface area contributed by atoms with E-state index in [-0.39, 0.29) is 12.4 Å². The lowest BCUT2D eigenvalue weighted by Gasteiger charge is -2.16. The standard InChI is InChI=1S/C9H15N3O2/c1-9(2)13-6-7(14-9)5-12-4-3-8(10)11-12/h3-4,7H,5-6H2,1-2H3,(H2,10,11)/t7-/m1/s1/i5D2. The first-order valence-electron chi connectivity index (χ1n) is 5.45. The van der Waals surface area contributed by atoms with Gasteiger partial charge in [0.15, 0.2) is 5.79 Å². The minimum Gasteiger partial charge on any atom is -0.382 e. The molecule has 1 atom stereocenters. The number of hydrogen-bond acceptors (Lipinski definition) is 4. The van der Waals surface area contributed by atoms with Crippen molar-refractivity contribution < 1.29 is 12.2 Å². The lowest BCUT2D eigenvalue weighted by atomic mass is 10.4. The van der Waals surface area contributed by atoms with Crippen LogP contribution >= 0.6 is 0 Å². The topological polar surface area (TPSA) is 62.3 Å². The number of hydrogen-bond donors (Lipinski definition) is 1. The Labute approximate surface area is 85.6 Å². The van der Waals surface area contributed by atoms with Crippen LogP contribution in [0.25, 0.3) is 0 Å². The second-order valence-electron chi connectivity index (χ2n) is 3.63. The molecule has 1 saturated heterocycles. The molecule has 1 aliphatic rings. The SMILES string of the molecule is [2H]C([2H])([C@@H]1COC(C)(C)O1)n1ccc(N)n1. The Morgan fingerprint density at radius 1 is 1.86 bits per heavy atom. The van der Waals surface area contributed by atoms with Crippen LogP contribution in [0.15, 0.2) is 12.3 Å². The summed E-state index contributed by atoms with van der Waals surface area (Å²) in [5, 5.41) is 3.86. The van der Waals surface area contributed by atoms with Crippen LogP contribution in [0.4, 0.5) is 5.82 Å². The van der Waals surface area contributed by atoms with Crippen molar-refractivity contribution in [2.24, 2.45) is 0 Å². The van der Waals surface area contributed by atoms with Crippen LogP contribution in [0.5, 0.6) is 0 Å². The van der Waals surface area contributed by atoms with Gasteiger partial charge in [-0.2, -0.15) is 5.10 Å². The molecule has 0 radical (unpaired) electrons. The third-order valence-electron chi connectivity index (χ3n) is 1.89. The molecule has 0 amide bonds. The van der Waals surface area contributed by atoms with Gasteiger partial charge in [0.2, 0.25) is 0 Å². The fourth-order valence-electron chi connectivity index (χ4n) is 1.31. The lowest BCUT2D eigenvalue weighted by molar-refractivity contribution is -0.139. The maximum atomic E-state index is 7.96. The molecular formula is C9H15N3O2. The van der Waals surface area contributed by atoms with Crippen molar-refractivity contribution in [1.82, 2.24) is 9.78 Å². The number of nitrogen functional groups attached to an aromatic ring is 1. The summed E-state index contributed by atoms with van der Waals surface area (Å²) in [6.07, 6.45) is 0.797. The van der Waals surface area contributed by atoms with Crippen LogP contribution in [0.2, 0.25) is 0 Å². The summed E-state index contributed by atoms with van der Waals surface area (Å²) in [5.74, 6) is -0.474. The highest BCUT2D eigenvalue weighted by atomic mass is 16.7. The summed E-state index contributed by atoms with van der Waals surface area (Å²) in [5.41, 5.74) is 5.46. The molecule has 14 heavy (non-hydrogen) atoms. The van der Waals surface area contributed by atoms with Gasteiger partial charge in [-0.15, -0.1) is 0 Å². The molecule has 2 N–H and O–H groups in total. The Balaban J connectivity index is 2.20.